The van der Waals surface area contributed by atoms with Gasteiger partial charge >= 0.3 is 6.03 Å². The fourth-order valence-electron chi connectivity index (χ4n) is 2.77. The predicted octanol–water partition coefficient (Wildman–Crippen LogP) is 1.87. The Balaban J connectivity index is 1.46. The lowest BCUT2D eigenvalue weighted by Gasteiger charge is -2.35. The van der Waals surface area contributed by atoms with Crippen LogP contribution in [0.4, 0.5) is 10.7 Å². The number of aromatic nitrogens is 1. The molecule has 0 spiro atoms. The molecule has 1 fully saturated rings. The van der Waals surface area contributed by atoms with Crippen molar-refractivity contribution < 1.29 is 14.4 Å². The summed E-state index contributed by atoms with van der Waals surface area (Å²) in [6, 6.07) is 11.1. The fraction of sp³-hybridized carbons (Fsp3) is 0.412. The summed E-state index contributed by atoms with van der Waals surface area (Å²) in [7, 11) is 0. The molecule has 3 rings (SSSR count). The first-order valence-electron chi connectivity index (χ1n) is 8.06. The molecule has 0 radical (unpaired) electrons. The van der Waals surface area contributed by atoms with Gasteiger partial charge in [-0.2, -0.15) is 0 Å². The number of hydrogen-bond donors (Lipinski definition) is 2. The van der Waals surface area contributed by atoms with Crippen molar-refractivity contribution in [3.63, 3.8) is 0 Å². The third kappa shape index (κ3) is 4.12. The van der Waals surface area contributed by atoms with Gasteiger partial charge in [0.25, 0.3) is 0 Å². The number of aliphatic hydroxyl groups is 1. The Morgan fingerprint density at radius 3 is 2.62 bits per heavy atom. The number of hydrogen-bond acceptors (Lipinski definition) is 5. The maximum atomic E-state index is 12.2. The van der Waals surface area contributed by atoms with E-state index in [1.807, 2.05) is 30.3 Å². The van der Waals surface area contributed by atoms with Crippen molar-refractivity contribution in [1.82, 2.24) is 15.0 Å². The van der Waals surface area contributed by atoms with Crippen LogP contribution >= 0.6 is 0 Å². The second-order valence-corrected chi connectivity index (χ2v) is 5.98. The van der Waals surface area contributed by atoms with Crippen LogP contribution in [0, 0.1) is 6.92 Å². The molecule has 2 aromatic rings. The Kier molecular flexibility index (Phi) is 5.12. The van der Waals surface area contributed by atoms with E-state index in [1.165, 1.54) is 0 Å². The Morgan fingerprint density at radius 1 is 1.29 bits per heavy atom. The molecule has 1 saturated heterocycles. The number of piperazine rings is 1. The highest BCUT2D eigenvalue weighted by Gasteiger charge is 2.23. The molecule has 1 aromatic carbocycles. The second kappa shape index (κ2) is 7.46. The van der Waals surface area contributed by atoms with E-state index in [4.69, 9.17) is 4.52 Å². The number of amides is 2. The van der Waals surface area contributed by atoms with Crippen molar-refractivity contribution >= 4 is 11.9 Å². The summed E-state index contributed by atoms with van der Waals surface area (Å²) in [4.78, 5) is 16.1. The number of β-amino-alcohol motifs (C(OH)–C–C–N with tert-alkyl or cyclic N) is 1. The van der Waals surface area contributed by atoms with Crippen LogP contribution in [0.15, 0.2) is 40.9 Å². The Hall–Kier alpha value is -2.38. The molecule has 0 bridgehead atoms. The summed E-state index contributed by atoms with van der Waals surface area (Å²) in [5.41, 5.74) is 1.64. The van der Waals surface area contributed by atoms with E-state index in [0.717, 1.165) is 24.3 Å². The number of benzene rings is 1. The standard InChI is InChI=1S/C17H22N4O3/c1-13-11-16(24-19-13)18-17(23)21-9-7-20(8-10-21)12-15(22)14-5-3-2-4-6-14/h2-6,11,15,22H,7-10,12H2,1H3,(H,18,23). The van der Waals surface area contributed by atoms with E-state index in [-0.39, 0.29) is 6.03 Å². The van der Waals surface area contributed by atoms with Gasteiger partial charge in [0.1, 0.15) is 0 Å². The minimum atomic E-state index is -0.510. The number of anilines is 1. The highest BCUT2D eigenvalue weighted by Crippen LogP contribution is 2.15. The zero-order chi connectivity index (χ0) is 16.9. The van der Waals surface area contributed by atoms with Crippen molar-refractivity contribution in [3.05, 3.63) is 47.7 Å². The number of carbonyl (C=O) groups is 1. The quantitative estimate of drug-likeness (QED) is 0.894. The Labute approximate surface area is 140 Å². The molecule has 7 nitrogen and oxygen atoms in total. The third-order valence-corrected chi connectivity index (χ3v) is 4.13. The van der Waals surface area contributed by atoms with E-state index in [2.05, 4.69) is 15.4 Å². The monoisotopic (exact) mass is 330 g/mol. The van der Waals surface area contributed by atoms with Crippen LogP contribution in [-0.2, 0) is 0 Å². The molecule has 24 heavy (non-hydrogen) atoms. The van der Waals surface area contributed by atoms with Crippen LogP contribution in [0.25, 0.3) is 0 Å². The molecule has 0 aliphatic carbocycles. The van der Waals surface area contributed by atoms with Gasteiger partial charge in [-0.25, -0.2) is 4.79 Å². The molecule has 0 saturated carbocycles. The topological polar surface area (TPSA) is 81.8 Å². The van der Waals surface area contributed by atoms with Crippen LogP contribution in [-0.4, -0.2) is 58.8 Å². The zero-order valence-corrected chi connectivity index (χ0v) is 13.7. The SMILES string of the molecule is Cc1cc(NC(=O)N2CCN(CC(O)c3ccccc3)CC2)on1. The first-order valence-corrected chi connectivity index (χ1v) is 8.06. The molecule has 1 aromatic heterocycles. The average molecular weight is 330 g/mol. The molecule has 1 atom stereocenters. The maximum Gasteiger partial charge on any atom is 0.324 e. The average Bonchev–Trinajstić information content (AvgIpc) is 3.01. The maximum absolute atomic E-state index is 12.2. The molecule has 1 aliphatic heterocycles. The summed E-state index contributed by atoms with van der Waals surface area (Å²) in [6.07, 6.45) is -0.510. The van der Waals surface area contributed by atoms with E-state index < -0.39 is 6.10 Å². The Bertz CT molecular complexity index is 665. The molecule has 7 heteroatoms. The number of aliphatic hydroxyl groups excluding tert-OH is 1. The van der Waals surface area contributed by atoms with E-state index in [9.17, 15) is 9.90 Å². The van der Waals surface area contributed by atoms with Gasteiger partial charge in [0.15, 0.2) is 0 Å². The first kappa shape index (κ1) is 16.5. The van der Waals surface area contributed by atoms with Gasteiger partial charge in [0, 0.05) is 38.8 Å². The van der Waals surface area contributed by atoms with Crippen LogP contribution in [0.5, 0.6) is 0 Å². The number of urea groups is 1. The number of rotatable bonds is 4. The summed E-state index contributed by atoms with van der Waals surface area (Å²) in [5.74, 6) is 0.361. The van der Waals surface area contributed by atoms with Crippen LogP contribution in [0.3, 0.4) is 0 Å². The van der Waals surface area contributed by atoms with Crippen LogP contribution in [0.2, 0.25) is 0 Å². The van der Waals surface area contributed by atoms with Gasteiger partial charge in [-0.05, 0) is 12.5 Å². The minimum absolute atomic E-state index is 0.186. The van der Waals surface area contributed by atoms with Gasteiger partial charge in [-0.3, -0.25) is 10.2 Å². The predicted molar refractivity (Wildman–Crippen MR) is 89.7 cm³/mol. The van der Waals surface area contributed by atoms with Gasteiger partial charge < -0.3 is 14.5 Å². The van der Waals surface area contributed by atoms with Crippen LogP contribution < -0.4 is 5.32 Å². The lowest BCUT2D eigenvalue weighted by Crippen LogP contribution is -2.50. The zero-order valence-electron chi connectivity index (χ0n) is 13.7. The highest BCUT2D eigenvalue weighted by molar-refractivity contribution is 5.87. The van der Waals surface area contributed by atoms with Crippen LogP contribution in [0.1, 0.15) is 17.4 Å². The van der Waals surface area contributed by atoms with Gasteiger partial charge in [-0.1, -0.05) is 35.5 Å². The number of nitrogens with zero attached hydrogens (tertiary/aromatic N) is 3. The normalized spacial score (nSPS) is 16.8. The fourth-order valence-corrected chi connectivity index (χ4v) is 2.77. The molecule has 2 amide bonds. The second-order valence-electron chi connectivity index (χ2n) is 5.98. The van der Waals surface area contributed by atoms with E-state index in [1.54, 1.807) is 17.9 Å². The molecule has 1 aliphatic rings. The van der Waals surface area contributed by atoms with Gasteiger partial charge in [0.05, 0.1) is 11.8 Å². The summed E-state index contributed by atoms with van der Waals surface area (Å²) in [5, 5.41) is 16.7. The molecule has 128 valence electrons. The minimum Gasteiger partial charge on any atom is -0.387 e. The number of aryl methyl sites for hydroxylation is 1. The van der Waals surface area contributed by atoms with E-state index in [0.29, 0.717) is 25.5 Å². The smallest absolute Gasteiger partial charge is 0.324 e. The lowest BCUT2D eigenvalue weighted by molar-refractivity contribution is 0.0830. The largest absolute Gasteiger partial charge is 0.387 e. The Morgan fingerprint density at radius 2 is 2.00 bits per heavy atom. The molecule has 2 N–H and O–H groups in total. The summed E-state index contributed by atoms with van der Waals surface area (Å²) in [6.45, 7) is 5.05. The highest BCUT2D eigenvalue weighted by atomic mass is 16.5. The van der Waals surface area contributed by atoms with Crippen molar-refractivity contribution in [2.75, 3.05) is 38.0 Å². The molecular formula is C17H22N4O3. The van der Waals surface area contributed by atoms with Gasteiger partial charge in [-0.15, -0.1) is 0 Å². The van der Waals surface area contributed by atoms with E-state index >= 15 is 0 Å². The first-order chi connectivity index (χ1) is 11.6. The van der Waals surface area contributed by atoms with Crippen molar-refractivity contribution in [3.8, 4) is 0 Å². The summed E-state index contributed by atoms with van der Waals surface area (Å²) >= 11 is 0. The van der Waals surface area contributed by atoms with Crippen molar-refractivity contribution in [1.29, 1.82) is 0 Å². The van der Waals surface area contributed by atoms with Gasteiger partial charge in [0.2, 0.25) is 5.88 Å². The number of carbonyl (C=O) groups excluding carboxylic acids is 1. The molecule has 2 heterocycles. The summed E-state index contributed by atoms with van der Waals surface area (Å²) < 4.78 is 5.00. The third-order valence-electron chi connectivity index (χ3n) is 4.13. The number of nitrogens with one attached hydrogen (secondary N) is 1. The molecule has 1 unspecified atom stereocenters. The van der Waals surface area contributed by atoms with Crippen molar-refractivity contribution in [2.24, 2.45) is 0 Å². The lowest BCUT2D eigenvalue weighted by atomic mass is 10.1. The molecular weight excluding hydrogens is 308 g/mol. The van der Waals surface area contributed by atoms with Crippen molar-refractivity contribution in [2.45, 2.75) is 13.0 Å².